The summed E-state index contributed by atoms with van der Waals surface area (Å²) in [4.78, 5) is 31.5. The molecule has 4 rings (SSSR count). The number of fused-ring (bicyclic) bond motifs is 1. The molecule has 6 nitrogen and oxygen atoms in total. The van der Waals surface area contributed by atoms with E-state index < -0.39 is 13.7 Å². The molecule has 0 aliphatic rings. The van der Waals surface area contributed by atoms with Crippen molar-refractivity contribution in [2.45, 2.75) is 0 Å². The lowest BCUT2D eigenvalue weighted by Crippen LogP contribution is -2.20. The highest BCUT2D eigenvalue weighted by Gasteiger charge is 2.27. The van der Waals surface area contributed by atoms with Crippen LogP contribution in [0.4, 0.5) is 0 Å². The van der Waals surface area contributed by atoms with Crippen LogP contribution in [0, 0.1) is 0 Å². The van der Waals surface area contributed by atoms with E-state index in [0.717, 1.165) is 16.8 Å². The molecule has 0 aliphatic carbocycles. The van der Waals surface area contributed by atoms with Crippen LogP contribution in [-0.2, 0) is 4.57 Å². The van der Waals surface area contributed by atoms with Crippen LogP contribution >= 0.6 is 7.75 Å². The molecule has 0 saturated carbocycles. The predicted octanol–water partition coefficient (Wildman–Crippen LogP) is 4.12. The summed E-state index contributed by atoms with van der Waals surface area (Å²) in [7, 11) is -4.75. The molecule has 1 heterocycles. The minimum Gasteiger partial charge on any atom is -0.308 e. The molecular formula is C21H17N2O4P. The van der Waals surface area contributed by atoms with Crippen LogP contribution < -0.4 is 5.09 Å². The van der Waals surface area contributed by atoms with Crippen molar-refractivity contribution < 1.29 is 19.1 Å². The van der Waals surface area contributed by atoms with Crippen molar-refractivity contribution in [1.29, 1.82) is 0 Å². The Morgan fingerprint density at radius 1 is 0.821 bits per heavy atom. The monoisotopic (exact) mass is 392 g/mol. The third-order valence-electron chi connectivity index (χ3n) is 4.41. The lowest BCUT2D eigenvalue weighted by molar-refractivity contribution is 0.0974. The Balaban J connectivity index is 2.11. The molecule has 0 atom stereocenters. The van der Waals surface area contributed by atoms with Gasteiger partial charge >= 0.3 is 7.75 Å². The number of hydrogen-bond donors (Lipinski definition) is 3. The molecule has 0 saturated heterocycles. The van der Waals surface area contributed by atoms with Crippen molar-refractivity contribution in [1.82, 2.24) is 9.65 Å². The fraction of sp³-hybridized carbons (Fsp3) is 0. The zero-order valence-corrected chi connectivity index (χ0v) is 15.6. The summed E-state index contributed by atoms with van der Waals surface area (Å²) in [6.07, 6.45) is 0. The molecule has 0 unspecified atom stereocenters. The van der Waals surface area contributed by atoms with Crippen molar-refractivity contribution in [2.75, 3.05) is 0 Å². The Bertz CT molecular complexity index is 1200. The summed E-state index contributed by atoms with van der Waals surface area (Å²) in [5.41, 5.74) is 3.16. The van der Waals surface area contributed by atoms with Gasteiger partial charge in [-0.1, -0.05) is 66.7 Å². The maximum absolute atomic E-state index is 12.9. The van der Waals surface area contributed by atoms with Crippen LogP contribution in [0.3, 0.4) is 0 Å². The number of carbonyl (C=O) groups excluding carboxylic acids is 1. The standard InChI is InChI=1S/C21H17N2O4P/c24-21(22-28(25,26)27)19-17-13-7-8-14-18(17)23(16-11-5-2-6-12-16)20(19)15-9-3-1-4-10-15/h1-14H,(H3,22,24,25,26,27). The fourth-order valence-corrected chi connectivity index (χ4v) is 3.75. The lowest BCUT2D eigenvalue weighted by Gasteiger charge is -2.13. The minimum atomic E-state index is -4.75. The molecule has 1 amide bonds. The summed E-state index contributed by atoms with van der Waals surface area (Å²) >= 11 is 0. The van der Waals surface area contributed by atoms with Crippen LogP contribution in [0.15, 0.2) is 84.9 Å². The summed E-state index contributed by atoms with van der Waals surface area (Å²) < 4.78 is 13.4. The predicted molar refractivity (Wildman–Crippen MR) is 108 cm³/mol. The van der Waals surface area contributed by atoms with Gasteiger partial charge < -0.3 is 14.4 Å². The molecule has 0 bridgehead atoms. The van der Waals surface area contributed by atoms with Gasteiger partial charge in [0.25, 0.3) is 5.91 Å². The van der Waals surface area contributed by atoms with Crippen LogP contribution in [-0.4, -0.2) is 20.3 Å². The van der Waals surface area contributed by atoms with Gasteiger partial charge in [-0.2, -0.15) is 0 Å². The number of benzene rings is 3. The zero-order valence-electron chi connectivity index (χ0n) is 14.7. The van der Waals surface area contributed by atoms with E-state index in [1.165, 1.54) is 0 Å². The van der Waals surface area contributed by atoms with E-state index in [2.05, 4.69) is 0 Å². The van der Waals surface area contributed by atoms with Crippen molar-refractivity contribution in [3.8, 4) is 16.9 Å². The number of para-hydroxylation sites is 2. The van der Waals surface area contributed by atoms with Gasteiger partial charge in [0, 0.05) is 11.1 Å². The third-order valence-corrected chi connectivity index (χ3v) is 4.90. The largest absolute Gasteiger partial charge is 0.430 e. The average molecular weight is 392 g/mol. The highest BCUT2D eigenvalue weighted by atomic mass is 31.2. The molecule has 0 aliphatic heterocycles. The van der Waals surface area contributed by atoms with Crippen LogP contribution in [0.1, 0.15) is 10.4 Å². The molecule has 28 heavy (non-hydrogen) atoms. The molecule has 7 heteroatoms. The molecule has 1 aromatic heterocycles. The van der Waals surface area contributed by atoms with E-state index in [9.17, 15) is 19.1 Å². The van der Waals surface area contributed by atoms with Crippen molar-refractivity contribution in [3.63, 3.8) is 0 Å². The highest BCUT2D eigenvalue weighted by Crippen LogP contribution is 2.38. The van der Waals surface area contributed by atoms with Gasteiger partial charge in [0.1, 0.15) is 0 Å². The maximum atomic E-state index is 12.9. The SMILES string of the molecule is O=C(NP(=O)(O)O)c1c(-c2ccccc2)n(-c2ccccc2)c2ccccc12. The van der Waals surface area contributed by atoms with Crippen molar-refractivity contribution >= 4 is 24.6 Å². The molecule has 0 radical (unpaired) electrons. The molecule has 0 spiro atoms. The Morgan fingerprint density at radius 2 is 1.39 bits per heavy atom. The van der Waals surface area contributed by atoms with Gasteiger partial charge in [-0.25, -0.2) is 4.57 Å². The Morgan fingerprint density at radius 3 is 2.04 bits per heavy atom. The van der Waals surface area contributed by atoms with Gasteiger partial charge in [0.05, 0.1) is 16.8 Å². The number of aromatic nitrogens is 1. The smallest absolute Gasteiger partial charge is 0.308 e. The van der Waals surface area contributed by atoms with Crippen LogP contribution in [0.25, 0.3) is 27.8 Å². The summed E-state index contributed by atoms with van der Waals surface area (Å²) in [6, 6.07) is 26.1. The number of rotatable bonds is 4. The normalized spacial score (nSPS) is 11.5. The summed E-state index contributed by atoms with van der Waals surface area (Å²) in [6.45, 7) is 0. The molecule has 3 N–H and O–H groups in total. The first-order valence-electron chi connectivity index (χ1n) is 8.58. The molecule has 0 fully saturated rings. The third kappa shape index (κ3) is 3.37. The Labute approximate surface area is 161 Å². The summed E-state index contributed by atoms with van der Waals surface area (Å²) in [5, 5.41) is 2.42. The van der Waals surface area contributed by atoms with E-state index >= 15 is 0 Å². The van der Waals surface area contributed by atoms with Crippen LogP contribution in [0.2, 0.25) is 0 Å². The van der Waals surface area contributed by atoms with Crippen molar-refractivity contribution in [2.24, 2.45) is 0 Å². The van der Waals surface area contributed by atoms with Gasteiger partial charge in [-0.15, -0.1) is 0 Å². The van der Waals surface area contributed by atoms with Gasteiger partial charge in [-0.3, -0.25) is 9.88 Å². The number of hydrogen-bond acceptors (Lipinski definition) is 2. The van der Waals surface area contributed by atoms with Gasteiger partial charge in [0.2, 0.25) is 0 Å². The summed E-state index contributed by atoms with van der Waals surface area (Å²) in [5.74, 6) is -0.821. The van der Waals surface area contributed by atoms with E-state index in [-0.39, 0.29) is 5.56 Å². The first-order chi connectivity index (χ1) is 13.5. The molecule has 4 aromatic rings. The maximum Gasteiger partial charge on any atom is 0.430 e. The van der Waals surface area contributed by atoms with Gasteiger partial charge in [-0.05, 0) is 23.8 Å². The van der Waals surface area contributed by atoms with Crippen molar-refractivity contribution in [3.05, 3.63) is 90.5 Å². The Kier molecular flexibility index (Phi) is 4.61. The molecule has 140 valence electrons. The number of amides is 1. The fourth-order valence-electron chi connectivity index (χ4n) is 3.37. The number of carbonyl (C=O) groups is 1. The van der Waals surface area contributed by atoms with E-state index in [4.69, 9.17) is 0 Å². The average Bonchev–Trinajstić information content (AvgIpc) is 3.03. The molecule has 3 aromatic carbocycles. The first kappa shape index (κ1) is 18.2. The van der Waals surface area contributed by atoms with E-state index in [1.54, 1.807) is 12.1 Å². The topological polar surface area (TPSA) is 91.6 Å². The second-order valence-corrected chi connectivity index (χ2v) is 7.57. The molecular weight excluding hydrogens is 375 g/mol. The first-order valence-corrected chi connectivity index (χ1v) is 10.2. The number of nitrogens with zero attached hydrogens (tertiary/aromatic N) is 1. The van der Waals surface area contributed by atoms with E-state index in [1.807, 2.05) is 82.5 Å². The number of nitrogens with one attached hydrogen (secondary N) is 1. The second kappa shape index (κ2) is 7.09. The van der Waals surface area contributed by atoms with Gasteiger partial charge in [0.15, 0.2) is 0 Å². The highest BCUT2D eigenvalue weighted by molar-refractivity contribution is 7.50. The quantitative estimate of drug-likeness (QED) is 0.456. The second-order valence-electron chi connectivity index (χ2n) is 6.26. The Hall–Kier alpha value is -3.18. The van der Waals surface area contributed by atoms with Crippen LogP contribution in [0.5, 0.6) is 0 Å². The van der Waals surface area contributed by atoms with E-state index in [0.29, 0.717) is 11.1 Å². The zero-order chi connectivity index (χ0) is 19.7. The lowest BCUT2D eigenvalue weighted by atomic mass is 10.0. The minimum absolute atomic E-state index is 0.217.